The first-order valence-corrected chi connectivity index (χ1v) is 7.28. The fourth-order valence-corrected chi connectivity index (χ4v) is 2.47. The fourth-order valence-electron chi connectivity index (χ4n) is 2.47. The largest absolute Gasteiger partial charge is 0.494 e. The lowest BCUT2D eigenvalue weighted by atomic mass is 10.1. The Morgan fingerprint density at radius 3 is 2.59 bits per heavy atom. The van der Waals surface area contributed by atoms with Crippen molar-refractivity contribution >= 4 is 16.5 Å². The molecular formula is C18H18N2O2. The van der Waals surface area contributed by atoms with E-state index in [0.29, 0.717) is 18.5 Å². The van der Waals surface area contributed by atoms with Crippen molar-refractivity contribution in [2.75, 3.05) is 12.3 Å². The molecule has 0 radical (unpaired) electrons. The minimum absolute atomic E-state index is 0.00243. The van der Waals surface area contributed by atoms with Crippen LogP contribution in [0.3, 0.4) is 0 Å². The maximum Gasteiger partial charge on any atom is 0.258 e. The molecule has 2 aromatic carbocycles. The molecule has 1 heterocycles. The quantitative estimate of drug-likeness (QED) is 0.752. The van der Waals surface area contributed by atoms with E-state index < -0.39 is 0 Å². The van der Waals surface area contributed by atoms with Gasteiger partial charge in [0.1, 0.15) is 5.75 Å². The predicted octanol–water partition coefficient (Wildman–Crippen LogP) is 3.03. The third-order valence-electron chi connectivity index (χ3n) is 3.59. The Labute approximate surface area is 128 Å². The number of hydrogen-bond donors (Lipinski definition) is 1. The molecule has 4 heteroatoms. The van der Waals surface area contributed by atoms with Gasteiger partial charge in [0.05, 0.1) is 13.2 Å². The smallest absolute Gasteiger partial charge is 0.258 e. The van der Waals surface area contributed by atoms with Crippen molar-refractivity contribution in [3.8, 4) is 5.75 Å². The van der Waals surface area contributed by atoms with Crippen molar-refractivity contribution in [1.29, 1.82) is 0 Å². The van der Waals surface area contributed by atoms with Gasteiger partial charge in [0.25, 0.3) is 5.56 Å². The summed E-state index contributed by atoms with van der Waals surface area (Å²) >= 11 is 0. The molecule has 3 aromatic rings. The molecule has 0 aliphatic heterocycles. The minimum Gasteiger partial charge on any atom is -0.494 e. The number of aromatic nitrogens is 1. The maximum absolute atomic E-state index is 12.6. The van der Waals surface area contributed by atoms with Gasteiger partial charge in [-0.15, -0.1) is 0 Å². The van der Waals surface area contributed by atoms with Gasteiger partial charge in [-0.05, 0) is 54.3 Å². The molecule has 0 amide bonds. The van der Waals surface area contributed by atoms with E-state index in [1.54, 1.807) is 4.57 Å². The molecule has 1 aromatic heterocycles. The zero-order chi connectivity index (χ0) is 15.5. The fraction of sp³-hybridized carbons (Fsp3) is 0.167. The maximum atomic E-state index is 12.6. The second kappa shape index (κ2) is 5.93. The first-order valence-electron chi connectivity index (χ1n) is 7.28. The van der Waals surface area contributed by atoms with Crippen molar-refractivity contribution in [3.63, 3.8) is 0 Å². The van der Waals surface area contributed by atoms with E-state index in [1.807, 2.05) is 61.7 Å². The Morgan fingerprint density at radius 2 is 1.86 bits per heavy atom. The van der Waals surface area contributed by atoms with E-state index in [0.717, 1.165) is 22.4 Å². The van der Waals surface area contributed by atoms with Gasteiger partial charge in [-0.2, -0.15) is 0 Å². The second-order valence-corrected chi connectivity index (χ2v) is 5.17. The number of nitrogens with two attached hydrogens (primary N) is 1. The predicted molar refractivity (Wildman–Crippen MR) is 89.3 cm³/mol. The molecule has 0 atom stereocenters. The van der Waals surface area contributed by atoms with Crippen LogP contribution in [0.1, 0.15) is 12.5 Å². The highest BCUT2D eigenvalue weighted by Gasteiger charge is 2.05. The SMILES string of the molecule is CCOc1ccc2c(=O)n(Cc3ccc(N)cc3)ccc2c1. The van der Waals surface area contributed by atoms with Gasteiger partial charge in [0.15, 0.2) is 0 Å². The monoisotopic (exact) mass is 294 g/mol. The topological polar surface area (TPSA) is 57.2 Å². The molecule has 0 saturated carbocycles. The third kappa shape index (κ3) is 2.81. The van der Waals surface area contributed by atoms with Gasteiger partial charge in [0.2, 0.25) is 0 Å². The van der Waals surface area contributed by atoms with Gasteiger partial charge in [-0.25, -0.2) is 0 Å². The van der Waals surface area contributed by atoms with Crippen LogP contribution in [0.5, 0.6) is 5.75 Å². The van der Waals surface area contributed by atoms with Gasteiger partial charge in [-0.3, -0.25) is 4.79 Å². The summed E-state index contributed by atoms with van der Waals surface area (Å²) in [6.07, 6.45) is 1.82. The third-order valence-corrected chi connectivity index (χ3v) is 3.59. The number of pyridine rings is 1. The molecular weight excluding hydrogens is 276 g/mol. The summed E-state index contributed by atoms with van der Waals surface area (Å²) in [5.41, 5.74) is 7.44. The van der Waals surface area contributed by atoms with Crippen LogP contribution in [0.25, 0.3) is 10.8 Å². The molecule has 112 valence electrons. The van der Waals surface area contributed by atoms with E-state index in [2.05, 4.69) is 0 Å². The van der Waals surface area contributed by atoms with Crippen LogP contribution in [0, 0.1) is 0 Å². The lowest BCUT2D eigenvalue weighted by Crippen LogP contribution is -2.20. The minimum atomic E-state index is -0.00243. The zero-order valence-corrected chi connectivity index (χ0v) is 12.5. The lowest BCUT2D eigenvalue weighted by Gasteiger charge is -2.09. The van der Waals surface area contributed by atoms with E-state index in [4.69, 9.17) is 10.5 Å². The summed E-state index contributed by atoms with van der Waals surface area (Å²) in [5.74, 6) is 0.783. The van der Waals surface area contributed by atoms with Crippen molar-refractivity contribution in [1.82, 2.24) is 4.57 Å². The summed E-state index contributed by atoms with van der Waals surface area (Å²) < 4.78 is 7.17. The number of rotatable bonds is 4. The standard InChI is InChI=1S/C18H18N2O2/c1-2-22-16-7-8-17-14(11-16)9-10-20(18(17)21)12-13-3-5-15(19)6-4-13/h3-11H,2,12,19H2,1H3. The molecule has 4 nitrogen and oxygen atoms in total. The molecule has 0 aliphatic rings. The van der Waals surface area contributed by atoms with Crippen LogP contribution in [0.15, 0.2) is 59.5 Å². The summed E-state index contributed by atoms with van der Waals surface area (Å²) in [4.78, 5) is 12.6. The average Bonchev–Trinajstić information content (AvgIpc) is 2.52. The Balaban J connectivity index is 1.97. The molecule has 0 unspecified atom stereocenters. The molecule has 3 rings (SSSR count). The highest BCUT2D eigenvalue weighted by Crippen LogP contribution is 2.18. The molecule has 22 heavy (non-hydrogen) atoms. The molecule has 0 fully saturated rings. The highest BCUT2D eigenvalue weighted by atomic mass is 16.5. The van der Waals surface area contributed by atoms with E-state index >= 15 is 0 Å². The highest BCUT2D eigenvalue weighted by molar-refractivity contribution is 5.82. The van der Waals surface area contributed by atoms with E-state index in [9.17, 15) is 4.79 Å². The van der Waals surface area contributed by atoms with Crippen molar-refractivity contribution in [3.05, 3.63) is 70.6 Å². The molecule has 0 aliphatic carbocycles. The molecule has 0 bridgehead atoms. The van der Waals surface area contributed by atoms with Crippen molar-refractivity contribution in [2.24, 2.45) is 0 Å². The van der Waals surface area contributed by atoms with E-state index in [-0.39, 0.29) is 5.56 Å². The van der Waals surface area contributed by atoms with Crippen LogP contribution >= 0.6 is 0 Å². The normalized spacial score (nSPS) is 10.8. The summed E-state index contributed by atoms with van der Waals surface area (Å²) in [5, 5.41) is 1.59. The lowest BCUT2D eigenvalue weighted by molar-refractivity contribution is 0.340. The number of ether oxygens (including phenoxy) is 1. The van der Waals surface area contributed by atoms with Crippen molar-refractivity contribution in [2.45, 2.75) is 13.5 Å². The van der Waals surface area contributed by atoms with Crippen LogP contribution in [0.4, 0.5) is 5.69 Å². The number of fused-ring (bicyclic) bond motifs is 1. The number of nitrogen functional groups attached to an aromatic ring is 1. The van der Waals surface area contributed by atoms with Crippen molar-refractivity contribution < 1.29 is 4.74 Å². The summed E-state index contributed by atoms with van der Waals surface area (Å²) in [6, 6.07) is 15.0. The van der Waals surface area contributed by atoms with Crippen LogP contribution < -0.4 is 16.0 Å². The summed E-state index contributed by atoms with van der Waals surface area (Å²) in [7, 11) is 0. The Kier molecular flexibility index (Phi) is 3.83. The van der Waals surface area contributed by atoms with Gasteiger partial charge < -0.3 is 15.0 Å². The van der Waals surface area contributed by atoms with Crippen LogP contribution in [-0.4, -0.2) is 11.2 Å². The Bertz CT molecular complexity index is 851. The summed E-state index contributed by atoms with van der Waals surface area (Å²) in [6.45, 7) is 3.08. The van der Waals surface area contributed by atoms with Gasteiger partial charge in [-0.1, -0.05) is 12.1 Å². The first-order chi connectivity index (χ1) is 10.7. The van der Waals surface area contributed by atoms with Crippen LogP contribution in [0.2, 0.25) is 0 Å². The number of benzene rings is 2. The molecule has 0 spiro atoms. The van der Waals surface area contributed by atoms with Gasteiger partial charge >= 0.3 is 0 Å². The number of nitrogens with zero attached hydrogens (tertiary/aromatic N) is 1. The van der Waals surface area contributed by atoms with Crippen LogP contribution in [-0.2, 0) is 6.54 Å². The second-order valence-electron chi connectivity index (χ2n) is 5.17. The Hall–Kier alpha value is -2.75. The molecule has 2 N–H and O–H groups in total. The Morgan fingerprint density at radius 1 is 1.09 bits per heavy atom. The first kappa shape index (κ1) is 14.2. The average molecular weight is 294 g/mol. The zero-order valence-electron chi connectivity index (χ0n) is 12.5. The van der Waals surface area contributed by atoms with E-state index in [1.165, 1.54) is 0 Å². The number of anilines is 1. The number of hydrogen-bond acceptors (Lipinski definition) is 3. The molecule has 0 saturated heterocycles. The van der Waals surface area contributed by atoms with Gasteiger partial charge in [0, 0.05) is 17.3 Å².